The predicted molar refractivity (Wildman–Crippen MR) is 119 cm³/mol. The molecule has 4 aliphatic carbocycles. The number of hydrogen-bond acceptors (Lipinski definition) is 2. The number of rotatable bonds is 5. The third-order valence-electron chi connectivity index (χ3n) is 10.0. The van der Waals surface area contributed by atoms with Gasteiger partial charge in [0, 0.05) is 12.3 Å². The molecule has 0 heterocycles. The second kappa shape index (κ2) is 7.81. The van der Waals surface area contributed by atoms with Gasteiger partial charge in [0.25, 0.3) is 0 Å². The van der Waals surface area contributed by atoms with Crippen LogP contribution in [0.2, 0.25) is 0 Å². The summed E-state index contributed by atoms with van der Waals surface area (Å²) in [6, 6.07) is 0. The maximum atomic E-state index is 13.3. The second-order valence-corrected chi connectivity index (χ2v) is 12.2. The Morgan fingerprint density at radius 1 is 1.07 bits per heavy atom. The summed E-state index contributed by atoms with van der Waals surface area (Å²) in [7, 11) is 0. The molecule has 2 heteroatoms. The van der Waals surface area contributed by atoms with Crippen LogP contribution in [0.4, 0.5) is 0 Å². The molecular weight excluding hydrogens is 356 g/mol. The minimum atomic E-state index is -0.135. The van der Waals surface area contributed by atoms with Crippen molar-refractivity contribution in [1.29, 1.82) is 0 Å². The molecule has 8 atom stereocenters. The number of aliphatic hydroxyl groups excluding tert-OH is 1. The lowest BCUT2D eigenvalue weighted by Crippen LogP contribution is -2.51. The molecular formula is C27H44O2. The van der Waals surface area contributed by atoms with Gasteiger partial charge in [-0.2, -0.15) is 0 Å². The Bertz CT molecular complexity index is 663. The first-order valence-electron chi connectivity index (χ1n) is 12.6. The number of ketones is 1. The number of hydrogen-bond donors (Lipinski definition) is 1. The Kier molecular flexibility index (Phi) is 5.82. The summed E-state index contributed by atoms with van der Waals surface area (Å²) < 4.78 is 0. The van der Waals surface area contributed by atoms with Crippen LogP contribution in [0.15, 0.2) is 11.6 Å². The number of allylic oxidation sites excluding steroid dienone is 1. The fraction of sp³-hybridized carbons (Fsp3) is 0.889. The third kappa shape index (κ3) is 3.56. The Hall–Kier alpha value is -0.630. The maximum absolute atomic E-state index is 13.3. The summed E-state index contributed by atoms with van der Waals surface area (Å²) >= 11 is 0. The zero-order chi connectivity index (χ0) is 21.0. The van der Waals surface area contributed by atoms with Crippen molar-refractivity contribution in [2.75, 3.05) is 0 Å². The average molecular weight is 401 g/mol. The summed E-state index contributed by atoms with van der Waals surface area (Å²) in [5, 5.41) is 10.2. The molecule has 0 spiro atoms. The van der Waals surface area contributed by atoms with E-state index in [0.717, 1.165) is 43.9 Å². The first kappa shape index (κ1) is 21.6. The zero-order valence-corrected chi connectivity index (χ0v) is 19.5. The molecule has 2 nitrogen and oxygen atoms in total. The normalized spacial score (nSPS) is 45.4. The fourth-order valence-corrected chi connectivity index (χ4v) is 8.45. The van der Waals surface area contributed by atoms with E-state index in [-0.39, 0.29) is 22.9 Å². The van der Waals surface area contributed by atoms with Gasteiger partial charge in [-0.15, -0.1) is 0 Å². The van der Waals surface area contributed by atoms with Gasteiger partial charge in [-0.3, -0.25) is 4.79 Å². The minimum Gasteiger partial charge on any atom is -0.393 e. The standard InChI is InChI=1S/C27H44O2/c1-17(2)7-6-8-18(3)25-24(29)16-23-21-10-9-19-15-20(28)11-13-26(19,4)22(21)12-14-27(23,25)5/h9,17-18,20-23,25,28H,6-8,10-16H2,1-5H3/t18-,20?,21-,22+,23+,25+,26+,27+/m1/s1. The molecule has 3 saturated carbocycles. The maximum Gasteiger partial charge on any atom is 0.137 e. The van der Waals surface area contributed by atoms with E-state index in [1.54, 1.807) is 0 Å². The van der Waals surface area contributed by atoms with Gasteiger partial charge < -0.3 is 5.11 Å². The van der Waals surface area contributed by atoms with Crippen molar-refractivity contribution in [1.82, 2.24) is 0 Å². The lowest BCUT2D eigenvalue weighted by atomic mass is 9.47. The lowest BCUT2D eigenvalue weighted by Gasteiger charge is -2.58. The van der Waals surface area contributed by atoms with E-state index in [1.165, 1.54) is 37.7 Å². The lowest BCUT2D eigenvalue weighted by molar-refractivity contribution is -0.124. The van der Waals surface area contributed by atoms with Crippen LogP contribution in [-0.4, -0.2) is 17.0 Å². The predicted octanol–water partition coefficient (Wildman–Crippen LogP) is 6.57. The van der Waals surface area contributed by atoms with Crippen molar-refractivity contribution >= 4 is 5.78 Å². The van der Waals surface area contributed by atoms with Crippen LogP contribution in [0.3, 0.4) is 0 Å². The van der Waals surface area contributed by atoms with Crippen LogP contribution in [0.5, 0.6) is 0 Å². The summed E-state index contributed by atoms with van der Waals surface area (Å²) in [5.74, 6) is 4.13. The van der Waals surface area contributed by atoms with Crippen molar-refractivity contribution in [2.24, 2.45) is 46.3 Å². The van der Waals surface area contributed by atoms with Gasteiger partial charge in [0.15, 0.2) is 0 Å². The summed E-state index contributed by atoms with van der Waals surface area (Å²) in [4.78, 5) is 13.3. The molecule has 0 aromatic carbocycles. The van der Waals surface area contributed by atoms with E-state index in [4.69, 9.17) is 0 Å². The van der Waals surface area contributed by atoms with Crippen LogP contribution in [-0.2, 0) is 4.79 Å². The molecule has 0 amide bonds. The van der Waals surface area contributed by atoms with Crippen LogP contribution >= 0.6 is 0 Å². The molecule has 1 N–H and O–H groups in total. The van der Waals surface area contributed by atoms with Crippen LogP contribution in [0.1, 0.15) is 98.8 Å². The molecule has 0 radical (unpaired) electrons. The van der Waals surface area contributed by atoms with E-state index in [2.05, 4.69) is 40.7 Å². The van der Waals surface area contributed by atoms with E-state index < -0.39 is 0 Å². The van der Waals surface area contributed by atoms with E-state index >= 15 is 0 Å². The number of fused-ring (bicyclic) bond motifs is 5. The zero-order valence-electron chi connectivity index (χ0n) is 19.5. The molecule has 3 fully saturated rings. The van der Waals surface area contributed by atoms with Gasteiger partial charge >= 0.3 is 0 Å². The molecule has 0 aromatic heterocycles. The number of carbonyl (C=O) groups is 1. The Balaban J connectivity index is 1.54. The first-order chi connectivity index (χ1) is 13.7. The quantitative estimate of drug-likeness (QED) is 0.530. The van der Waals surface area contributed by atoms with Gasteiger partial charge in [-0.05, 0) is 85.4 Å². The van der Waals surface area contributed by atoms with Crippen molar-refractivity contribution in [3.63, 3.8) is 0 Å². The largest absolute Gasteiger partial charge is 0.393 e. The van der Waals surface area contributed by atoms with Crippen LogP contribution in [0.25, 0.3) is 0 Å². The van der Waals surface area contributed by atoms with Crippen LogP contribution in [0, 0.1) is 46.3 Å². The van der Waals surface area contributed by atoms with Gasteiger partial charge in [0.1, 0.15) is 5.78 Å². The fourth-order valence-electron chi connectivity index (χ4n) is 8.45. The molecule has 0 aromatic rings. The highest BCUT2D eigenvalue weighted by atomic mass is 16.3. The molecule has 4 aliphatic rings. The van der Waals surface area contributed by atoms with E-state index in [1.807, 2.05) is 0 Å². The van der Waals surface area contributed by atoms with Crippen LogP contribution < -0.4 is 0 Å². The molecule has 4 rings (SSSR count). The highest BCUT2D eigenvalue weighted by molar-refractivity contribution is 5.85. The third-order valence-corrected chi connectivity index (χ3v) is 10.0. The van der Waals surface area contributed by atoms with Gasteiger partial charge in [-0.25, -0.2) is 0 Å². The Morgan fingerprint density at radius 3 is 2.55 bits per heavy atom. The molecule has 1 unspecified atom stereocenters. The Labute approximate surface area is 178 Å². The summed E-state index contributed by atoms with van der Waals surface area (Å²) in [5.41, 5.74) is 2.02. The number of aliphatic hydroxyl groups is 1. The van der Waals surface area contributed by atoms with Crippen molar-refractivity contribution < 1.29 is 9.90 Å². The van der Waals surface area contributed by atoms with Gasteiger partial charge in [0.2, 0.25) is 0 Å². The summed E-state index contributed by atoms with van der Waals surface area (Å²) in [6.45, 7) is 11.9. The Morgan fingerprint density at radius 2 is 1.83 bits per heavy atom. The van der Waals surface area contributed by atoms with Crippen molar-refractivity contribution in [3.05, 3.63) is 11.6 Å². The topological polar surface area (TPSA) is 37.3 Å². The monoisotopic (exact) mass is 400 g/mol. The van der Waals surface area contributed by atoms with E-state index in [0.29, 0.717) is 23.5 Å². The van der Waals surface area contributed by atoms with Gasteiger partial charge in [-0.1, -0.05) is 59.1 Å². The number of carbonyl (C=O) groups excluding carboxylic acids is 1. The summed E-state index contributed by atoms with van der Waals surface area (Å²) in [6.07, 6.45) is 13.6. The molecule has 164 valence electrons. The molecule has 29 heavy (non-hydrogen) atoms. The molecule has 0 saturated heterocycles. The number of Topliss-reactive ketones (excluding diaryl/α,β-unsaturated/α-hetero) is 1. The molecule has 0 aliphatic heterocycles. The second-order valence-electron chi connectivity index (χ2n) is 12.2. The molecule has 0 bridgehead atoms. The van der Waals surface area contributed by atoms with Gasteiger partial charge in [0.05, 0.1) is 6.10 Å². The van der Waals surface area contributed by atoms with Crippen molar-refractivity contribution in [2.45, 2.75) is 105 Å². The SMILES string of the molecule is CC(C)CCC[C@@H](C)[C@H]1C(=O)C[C@H]2[C@@H]3CC=C4CC(O)CC[C@]4(C)[C@H]3CC[C@]12C. The smallest absolute Gasteiger partial charge is 0.137 e. The van der Waals surface area contributed by atoms with Crippen molar-refractivity contribution in [3.8, 4) is 0 Å². The highest BCUT2D eigenvalue weighted by Crippen LogP contribution is 2.66. The van der Waals surface area contributed by atoms with E-state index in [9.17, 15) is 9.90 Å². The first-order valence-corrected chi connectivity index (χ1v) is 12.6. The minimum absolute atomic E-state index is 0.135. The average Bonchev–Trinajstić information content (AvgIpc) is 2.92. The highest BCUT2D eigenvalue weighted by Gasteiger charge is 2.61.